The molecule has 0 amide bonds. The van der Waals surface area contributed by atoms with E-state index < -0.39 is 8.32 Å². The van der Waals surface area contributed by atoms with E-state index in [4.69, 9.17) is 4.43 Å². The lowest BCUT2D eigenvalue weighted by Crippen LogP contribution is -2.38. The highest BCUT2D eigenvalue weighted by Gasteiger charge is 2.29. The normalized spacial score (nSPS) is 20.4. The molecule has 0 aromatic carbocycles. The average molecular weight is 238 g/mol. The summed E-state index contributed by atoms with van der Waals surface area (Å²) in [7, 11) is -1.56. The second-order valence-electron chi connectivity index (χ2n) is 5.47. The van der Waals surface area contributed by atoms with Gasteiger partial charge in [-0.15, -0.1) is 13.2 Å². The molecule has 1 rings (SSSR count). The van der Waals surface area contributed by atoms with Crippen LogP contribution in [-0.2, 0) is 4.43 Å². The predicted octanol–water partition coefficient (Wildman–Crippen LogP) is 4.53. The van der Waals surface area contributed by atoms with Gasteiger partial charge in [0.25, 0.3) is 0 Å². The summed E-state index contributed by atoms with van der Waals surface area (Å²) in [6, 6.07) is 1.03. The van der Waals surface area contributed by atoms with Crippen LogP contribution in [0, 0.1) is 5.92 Å². The van der Waals surface area contributed by atoms with Crippen LogP contribution in [0.1, 0.15) is 32.1 Å². The molecule has 92 valence electrons. The smallest absolute Gasteiger partial charge is 0.191 e. The fourth-order valence-electron chi connectivity index (χ4n) is 2.56. The van der Waals surface area contributed by atoms with Crippen LogP contribution >= 0.6 is 0 Å². The molecule has 0 aromatic heterocycles. The Bertz CT molecular complexity index is 229. The number of hydrogen-bond acceptors (Lipinski definition) is 1. The van der Waals surface area contributed by atoms with E-state index in [0.717, 1.165) is 6.04 Å². The van der Waals surface area contributed by atoms with Gasteiger partial charge in [-0.25, -0.2) is 0 Å². The lowest BCUT2D eigenvalue weighted by molar-refractivity contribution is 0.140. The van der Waals surface area contributed by atoms with Crippen LogP contribution < -0.4 is 0 Å². The van der Waals surface area contributed by atoms with Crippen molar-refractivity contribution in [2.45, 2.75) is 57.3 Å². The van der Waals surface area contributed by atoms with Crippen molar-refractivity contribution in [1.29, 1.82) is 0 Å². The summed E-state index contributed by atoms with van der Waals surface area (Å²) in [4.78, 5) is 0. The molecule has 0 heterocycles. The Morgan fingerprint density at radius 3 is 2.38 bits per heavy atom. The molecule has 0 spiro atoms. The maximum Gasteiger partial charge on any atom is 0.191 e. The first-order valence-electron chi connectivity index (χ1n) is 6.50. The molecule has 0 N–H and O–H groups in total. The van der Waals surface area contributed by atoms with Gasteiger partial charge in [-0.2, -0.15) is 0 Å². The SMILES string of the molecule is C=CC[Si](C)(C)O[C@H](C=C)C1CCCCC1. The minimum absolute atomic E-state index is 0.280. The molecule has 0 aromatic rings. The highest BCUT2D eigenvalue weighted by molar-refractivity contribution is 6.71. The van der Waals surface area contributed by atoms with Crippen molar-refractivity contribution in [3.63, 3.8) is 0 Å². The molecule has 0 radical (unpaired) electrons. The Kier molecular flexibility index (Phi) is 5.49. The van der Waals surface area contributed by atoms with E-state index in [2.05, 4.69) is 26.3 Å². The number of hydrogen-bond donors (Lipinski definition) is 0. The third-order valence-corrected chi connectivity index (χ3v) is 5.62. The van der Waals surface area contributed by atoms with Gasteiger partial charge in [0.2, 0.25) is 0 Å². The summed E-state index contributed by atoms with van der Waals surface area (Å²) >= 11 is 0. The molecule has 0 unspecified atom stereocenters. The molecule has 16 heavy (non-hydrogen) atoms. The summed E-state index contributed by atoms with van der Waals surface area (Å²) in [5, 5.41) is 0. The van der Waals surface area contributed by atoms with Gasteiger partial charge in [0.05, 0.1) is 6.10 Å². The van der Waals surface area contributed by atoms with Crippen molar-refractivity contribution in [2.75, 3.05) is 0 Å². The van der Waals surface area contributed by atoms with Crippen molar-refractivity contribution in [1.82, 2.24) is 0 Å². The van der Waals surface area contributed by atoms with Crippen molar-refractivity contribution < 1.29 is 4.43 Å². The number of allylic oxidation sites excluding steroid dienone is 1. The van der Waals surface area contributed by atoms with E-state index in [9.17, 15) is 0 Å². The molecule has 1 aliphatic rings. The van der Waals surface area contributed by atoms with Crippen LogP contribution in [0.2, 0.25) is 19.1 Å². The average Bonchev–Trinajstić information content (AvgIpc) is 2.27. The van der Waals surface area contributed by atoms with Gasteiger partial charge in [-0.3, -0.25) is 0 Å². The lowest BCUT2D eigenvalue weighted by atomic mass is 9.85. The summed E-state index contributed by atoms with van der Waals surface area (Å²) in [6.07, 6.45) is 11.0. The second-order valence-corrected chi connectivity index (χ2v) is 9.63. The fraction of sp³-hybridized carbons (Fsp3) is 0.714. The Balaban J connectivity index is 2.52. The molecule has 0 bridgehead atoms. The van der Waals surface area contributed by atoms with Gasteiger partial charge in [-0.05, 0) is 37.9 Å². The summed E-state index contributed by atoms with van der Waals surface area (Å²) in [5.41, 5.74) is 0. The third kappa shape index (κ3) is 4.26. The zero-order valence-electron chi connectivity index (χ0n) is 10.9. The van der Waals surface area contributed by atoms with E-state index in [1.54, 1.807) is 0 Å². The molecule has 1 atom stereocenters. The lowest BCUT2D eigenvalue weighted by Gasteiger charge is -2.34. The quantitative estimate of drug-likeness (QED) is 0.488. The molecule has 1 saturated carbocycles. The Morgan fingerprint density at radius 1 is 1.25 bits per heavy atom. The maximum atomic E-state index is 6.32. The van der Waals surface area contributed by atoms with Crippen LogP contribution in [0.25, 0.3) is 0 Å². The van der Waals surface area contributed by atoms with Gasteiger partial charge in [0.1, 0.15) is 0 Å². The zero-order chi connectivity index (χ0) is 12.0. The molecule has 1 nitrogen and oxygen atoms in total. The first kappa shape index (κ1) is 13.7. The minimum Gasteiger partial charge on any atom is -0.411 e. The van der Waals surface area contributed by atoms with Gasteiger partial charge in [0, 0.05) is 0 Å². The van der Waals surface area contributed by atoms with Crippen LogP contribution in [0.5, 0.6) is 0 Å². The Labute approximate surface area is 102 Å². The van der Waals surface area contributed by atoms with Crippen molar-refractivity contribution in [3.05, 3.63) is 25.3 Å². The summed E-state index contributed by atoms with van der Waals surface area (Å²) in [6.45, 7) is 12.3. The highest BCUT2D eigenvalue weighted by Crippen LogP contribution is 2.30. The minimum atomic E-state index is -1.56. The number of rotatable bonds is 6. The third-order valence-electron chi connectivity index (χ3n) is 3.44. The van der Waals surface area contributed by atoms with Gasteiger partial charge < -0.3 is 4.43 Å². The molecule has 1 fully saturated rings. The first-order chi connectivity index (χ1) is 7.59. The van der Waals surface area contributed by atoms with Crippen molar-refractivity contribution in [2.24, 2.45) is 5.92 Å². The molecule has 2 heteroatoms. The van der Waals surface area contributed by atoms with E-state index >= 15 is 0 Å². The second kappa shape index (κ2) is 6.41. The van der Waals surface area contributed by atoms with Crippen LogP contribution in [0.4, 0.5) is 0 Å². The topological polar surface area (TPSA) is 9.23 Å². The van der Waals surface area contributed by atoms with Gasteiger partial charge in [0.15, 0.2) is 8.32 Å². The highest BCUT2D eigenvalue weighted by atomic mass is 28.4. The molecule has 0 aliphatic heterocycles. The van der Waals surface area contributed by atoms with E-state index in [-0.39, 0.29) is 6.10 Å². The molecular formula is C14H26OSi. The Morgan fingerprint density at radius 2 is 1.88 bits per heavy atom. The van der Waals surface area contributed by atoms with Gasteiger partial charge in [-0.1, -0.05) is 31.4 Å². The van der Waals surface area contributed by atoms with Crippen molar-refractivity contribution >= 4 is 8.32 Å². The fourth-order valence-corrected chi connectivity index (χ4v) is 4.38. The van der Waals surface area contributed by atoms with E-state index in [0.29, 0.717) is 5.92 Å². The van der Waals surface area contributed by atoms with Gasteiger partial charge >= 0.3 is 0 Å². The molecule has 1 aliphatic carbocycles. The van der Waals surface area contributed by atoms with E-state index in [1.165, 1.54) is 32.1 Å². The summed E-state index contributed by atoms with van der Waals surface area (Å²) in [5.74, 6) is 0.711. The standard InChI is InChI=1S/C14H26OSi/c1-5-12-16(3,4)15-14(6-2)13-10-8-7-9-11-13/h5-6,13-14H,1-2,7-12H2,3-4H3/t14-/m1/s1. The predicted molar refractivity (Wildman–Crippen MR) is 74.1 cm³/mol. The molecule has 0 saturated heterocycles. The van der Waals surface area contributed by atoms with Crippen LogP contribution in [0.15, 0.2) is 25.3 Å². The summed E-state index contributed by atoms with van der Waals surface area (Å²) < 4.78 is 6.32. The van der Waals surface area contributed by atoms with Crippen LogP contribution in [-0.4, -0.2) is 14.4 Å². The van der Waals surface area contributed by atoms with E-state index in [1.807, 2.05) is 12.2 Å². The Hall–Kier alpha value is -0.343. The largest absolute Gasteiger partial charge is 0.411 e. The monoisotopic (exact) mass is 238 g/mol. The zero-order valence-corrected chi connectivity index (χ0v) is 11.9. The van der Waals surface area contributed by atoms with Crippen molar-refractivity contribution in [3.8, 4) is 0 Å². The molecular weight excluding hydrogens is 212 g/mol. The maximum absolute atomic E-state index is 6.32. The van der Waals surface area contributed by atoms with Crippen LogP contribution in [0.3, 0.4) is 0 Å². The first-order valence-corrected chi connectivity index (χ1v) is 9.62.